The highest BCUT2D eigenvalue weighted by molar-refractivity contribution is 6.79. The van der Waals surface area contributed by atoms with E-state index in [0.717, 1.165) is 0 Å². The third kappa shape index (κ3) is 1.43. The van der Waals surface area contributed by atoms with Gasteiger partial charge in [0.05, 0.1) is 13.3 Å². The van der Waals surface area contributed by atoms with Crippen molar-refractivity contribution in [3.63, 3.8) is 0 Å². The van der Waals surface area contributed by atoms with Crippen molar-refractivity contribution in [3.8, 4) is 0 Å². The lowest BCUT2D eigenvalue weighted by molar-refractivity contribution is 0.357. The van der Waals surface area contributed by atoms with Crippen LogP contribution in [0.5, 0.6) is 0 Å². The Morgan fingerprint density at radius 2 is 1.71 bits per heavy atom. The summed E-state index contributed by atoms with van der Waals surface area (Å²) in [5, 5.41) is 0.147. The standard InChI is InChI=1S/C12H18OSi/c1-12(14(2,3)4)11(13-12)10-8-6-5-7-9-10/h5-9,11H,1-4H3/t11-,12-/m0/s1. The van der Waals surface area contributed by atoms with Gasteiger partial charge in [-0.15, -0.1) is 0 Å². The van der Waals surface area contributed by atoms with Gasteiger partial charge < -0.3 is 4.74 Å². The molecule has 1 saturated heterocycles. The van der Waals surface area contributed by atoms with E-state index < -0.39 is 8.07 Å². The second-order valence-electron chi connectivity index (χ2n) is 5.27. The van der Waals surface area contributed by atoms with Crippen molar-refractivity contribution in [3.05, 3.63) is 35.9 Å². The number of ether oxygens (including phenoxy) is 1. The van der Waals surface area contributed by atoms with Crippen LogP contribution in [0.2, 0.25) is 19.6 Å². The van der Waals surface area contributed by atoms with E-state index in [-0.39, 0.29) is 5.22 Å². The van der Waals surface area contributed by atoms with Crippen LogP contribution in [0.1, 0.15) is 18.6 Å². The number of benzene rings is 1. The lowest BCUT2D eigenvalue weighted by Gasteiger charge is -2.21. The van der Waals surface area contributed by atoms with Gasteiger partial charge in [0.25, 0.3) is 0 Å². The van der Waals surface area contributed by atoms with Crippen molar-refractivity contribution in [2.75, 3.05) is 0 Å². The highest BCUT2D eigenvalue weighted by Gasteiger charge is 2.60. The fraction of sp³-hybridized carbons (Fsp3) is 0.500. The first kappa shape index (κ1) is 9.93. The van der Waals surface area contributed by atoms with Crippen LogP contribution >= 0.6 is 0 Å². The third-order valence-electron chi connectivity index (χ3n) is 3.40. The molecule has 1 aromatic carbocycles. The zero-order valence-corrected chi connectivity index (χ0v) is 10.4. The van der Waals surface area contributed by atoms with Gasteiger partial charge in [-0.1, -0.05) is 50.0 Å². The van der Waals surface area contributed by atoms with Gasteiger partial charge in [0, 0.05) is 0 Å². The Kier molecular flexibility index (Phi) is 2.09. The summed E-state index contributed by atoms with van der Waals surface area (Å²) >= 11 is 0. The topological polar surface area (TPSA) is 12.5 Å². The van der Waals surface area contributed by atoms with Gasteiger partial charge >= 0.3 is 0 Å². The molecule has 2 atom stereocenters. The lowest BCUT2D eigenvalue weighted by Crippen LogP contribution is -2.39. The van der Waals surface area contributed by atoms with Gasteiger partial charge in [-0.3, -0.25) is 0 Å². The molecule has 0 spiro atoms. The molecule has 2 rings (SSSR count). The first-order chi connectivity index (χ1) is 6.45. The van der Waals surface area contributed by atoms with Crippen molar-refractivity contribution >= 4 is 8.07 Å². The van der Waals surface area contributed by atoms with Crippen LogP contribution < -0.4 is 0 Å². The number of epoxide rings is 1. The maximum Gasteiger partial charge on any atom is 0.109 e. The van der Waals surface area contributed by atoms with Gasteiger partial charge in [0.2, 0.25) is 0 Å². The van der Waals surface area contributed by atoms with Crippen LogP contribution in [0.15, 0.2) is 30.3 Å². The number of rotatable bonds is 2. The van der Waals surface area contributed by atoms with Gasteiger partial charge in [-0.25, -0.2) is 0 Å². The molecule has 0 aliphatic carbocycles. The molecule has 1 aromatic rings. The highest BCUT2D eigenvalue weighted by Crippen LogP contribution is 2.54. The first-order valence-electron chi connectivity index (χ1n) is 5.18. The van der Waals surface area contributed by atoms with Crippen LogP contribution in [0.4, 0.5) is 0 Å². The van der Waals surface area contributed by atoms with Crippen molar-refractivity contribution in [2.24, 2.45) is 0 Å². The molecule has 0 unspecified atom stereocenters. The predicted octanol–water partition coefficient (Wildman–Crippen LogP) is 3.39. The zero-order valence-electron chi connectivity index (χ0n) is 9.37. The van der Waals surface area contributed by atoms with E-state index in [2.05, 4.69) is 56.9 Å². The molecular weight excluding hydrogens is 188 g/mol. The molecule has 0 N–H and O–H groups in total. The van der Waals surface area contributed by atoms with Gasteiger partial charge in [-0.2, -0.15) is 0 Å². The fourth-order valence-electron chi connectivity index (χ4n) is 1.79. The average Bonchev–Trinajstić information content (AvgIpc) is 2.80. The molecule has 0 aromatic heterocycles. The number of hydrogen-bond acceptors (Lipinski definition) is 1. The van der Waals surface area contributed by atoms with Crippen LogP contribution in [-0.2, 0) is 4.74 Å². The van der Waals surface area contributed by atoms with E-state index in [1.165, 1.54) is 5.56 Å². The summed E-state index contributed by atoms with van der Waals surface area (Å²) in [4.78, 5) is 0. The largest absolute Gasteiger partial charge is 0.365 e. The summed E-state index contributed by atoms with van der Waals surface area (Å²) in [5.74, 6) is 0. The fourth-order valence-corrected chi connectivity index (χ4v) is 3.22. The van der Waals surface area contributed by atoms with Gasteiger partial charge in [-0.05, 0) is 12.5 Å². The second kappa shape index (κ2) is 2.94. The molecule has 1 aliphatic heterocycles. The molecule has 14 heavy (non-hydrogen) atoms. The molecule has 0 amide bonds. The van der Waals surface area contributed by atoms with Crippen LogP contribution in [0.3, 0.4) is 0 Å². The molecule has 0 radical (unpaired) electrons. The summed E-state index contributed by atoms with van der Waals surface area (Å²) in [6, 6.07) is 10.5. The molecular formula is C12H18OSi. The predicted molar refractivity (Wildman–Crippen MR) is 62.0 cm³/mol. The van der Waals surface area contributed by atoms with Crippen molar-refractivity contribution in [2.45, 2.75) is 37.9 Å². The quantitative estimate of drug-likeness (QED) is 0.534. The van der Waals surface area contributed by atoms with Crippen molar-refractivity contribution in [1.29, 1.82) is 0 Å². The molecule has 1 fully saturated rings. The Balaban J connectivity index is 2.21. The van der Waals surface area contributed by atoms with Gasteiger partial charge in [0.15, 0.2) is 0 Å². The van der Waals surface area contributed by atoms with E-state index in [1.54, 1.807) is 0 Å². The Morgan fingerprint density at radius 1 is 1.14 bits per heavy atom. The van der Waals surface area contributed by atoms with E-state index in [4.69, 9.17) is 4.74 Å². The normalized spacial score (nSPS) is 31.6. The average molecular weight is 206 g/mol. The van der Waals surface area contributed by atoms with Crippen LogP contribution in [0.25, 0.3) is 0 Å². The van der Waals surface area contributed by atoms with Crippen molar-refractivity contribution in [1.82, 2.24) is 0 Å². The molecule has 1 heterocycles. The van der Waals surface area contributed by atoms with Gasteiger partial charge in [0.1, 0.15) is 6.10 Å². The lowest BCUT2D eigenvalue weighted by atomic mass is 10.1. The summed E-state index contributed by atoms with van der Waals surface area (Å²) < 4.78 is 5.92. The monoisotopic (exact) mass is 206 g/mol. The summed E-state index contributed by atoms with van der Waals surface area (Å²) in [6.07, 6.45) is 0.343. The zero-order chi connectivity index (χ0) is 10.4. The minimum Gasteiger partial charge on any atom is -0.365 e. The third-order valence-corrected chi connectivity index (χ3v) is 6.76. The maximum absolute atomic E-state index is 5.92. The Labute approximate surface area is 87.1 Å². The SMILES string of the molecule is C[C@@]1([Si](C)(C)C)O[C@H]1c1ccccc1. The van der Waals surface area contributed by atoms with E-state index in [1.807, 2.05) is 0 Å². The molecule has 2 heteroatoms. The first-order valence-corrected chi connectivity index (χ1v) is 8.68. The Morgan fingerprint density at radius 3 is 2.14 bits per heavy atom. The van der Waals surface area contributed by atoms with E-state index in [9.17, 15) is 0 Å². The van der Waals surface area contributed by atoms with E-state index >= 15 is 0 Å². The van der Waals surface area contributed by atoms with Crippen LogP contribution in [0, 0.1) is 0 Å². The summed E-state index contributed by atoms with van der Waals surface area (Å²) in [6.45, 7) is 9.37. The molecule has 76 valence electrons. The second-order valence-corrected chi connectivity index (χ2v) is 10.8. The van der Waals surface area contributed by atoms with E-state index in [0.29, 0.717) is 6.10 Å². The number of hydrogen-bond donors (Lipinski definition) is 0. The van der Waals surface area contributed by atoms with Crippen molar-refractivity contribution < 1.29 is 4.74 Å². The Hall–Kier alpha value is -0.603. The Bertz CT molecular complexity index is 328. The molecule has 0 saturated carbocycles. The maximum atomic E-state index is 5.92. The summed E-state index contributed by atoms with van der Waals surface area (Å²) in [5.41, 5.74) is 1.33. The molecule has 1 aliphatic rings. The highest BCUT2D eigenvalue weighted by atomic mass is 28.3. The van der Waals surface area contributed by atoms with Crippen LogP contribution in [-0.4, -0.2) is 13.3 Å². The smallest absolute Gasteiger partial charge is 0.109 e. The molecule has 1 nitrogen and oxygen atoms in total. The summed E-state index contributed by atoms with van der Waals surface area (Å²) in [7, 11) is -1.22. The minimum atomic E-state index is -1.22. The molecule has 0 bridgehead atoms. The minimum absolute atomic E-state index is 0.147.